The summed E-state index contributed by atoms with van der Waals surface area (Å²) in [6.07, 6.45) is 1.25. The van der Waals surface area contributed by atoms with Crippen molar-refractivity contribution in [2.75, 3.05) is 11.5 Å². The topological polar surface area (TPSA) is 46.2 Å². The Labute approximate surface area is 128 Å². The number of hydrogen-bond acceptors (Lipinski definition) is 3. The minimum Gasteiger partial charge on any atom is -0.310 e. The molecule has 19 heavy (non-hydrogen) atoms. The molecule has 106 valence electrons. The van der Waals surface area contributed by atoms with E-state index in [-0.39, 0.29) is 17.5 Å². The summed E-state index contributed by atoms with van der Waals surface area (Å²) in [4.78, 5) is 0. The van der Waals surface area contributed by atoms with Gasteiger partial charge in [-0.2, -0.15) is 0 Å². The highest BCUT2D eigenvalue weighted by atomic mass is 35.5. The molecule has 0 atom stereocenters. The number of halogens is 3. The third-order valence-electron chi connectivity index (χ3n) is 3.26. The van der Waals surface area contributed by atoms with Crippen LogP contribution in [0.4, 0.5) is 0 Å². The molecule has 1 fully saturated rings. The molecule has 1 aliphatic rings. The van der Waals surface area contributed by atoms with E-state index in [1.165, 1.54) is 0 Å². The van der Waals surface area contributed by atoms with Crippen LogP contribution >= 0.6 is 34.8 Å². The number of sulfone groups is 1. The molecule has 2 rings (SSSR count). The Morgan fingerprint density at radius 3 is 2.32 bits per heavy atom. The minimum atomic E-state index is -2.83. The van der Waals surface area contributed by atoms with Gasteiger partial charge in [0.1, 0.15) is 9.84 Å². The molecule has 1 aliphatic heterocycles. The molecule has 1 aromatic rings. The lowest BCUT2D eigenvalue weighted by molar-refractivity contribution is 0.463. The van der Waals surface area contributed by atoms with Gasteiger partial charge in [0.25, 0.3) is 0 Å². The second-order valence-electron chi connectivity index (χ2n) is 4.63. The summed E-state index contributed by atoms with van der Waals surface area (Å²) in [6, 6.07) is 3.54. The van der Waals surface area contributed by atoms with Crippen molar-refractivity contribution < 1.29 is 8.42 Å². The van der Waals surface area contributed by atoms with Crippen LogP contribution in [0.15, 0.2) is 12.1 Å². The maximum Gasteiger partial charge on any atom is 0.150 e. The summed E-state index contributed by atoms with van der Waals surface area (Å²) in [5.41, 5.74) is 0.754. The normalized spacial score (nSPS) is 19.5. The van der Waals surface area contributed by atoms with E-state index in [1.807, 2.05) is 0 Å². The van der Waals surface area contributed by atoms with Crippen LogP contribution in [0.3, 0.4) is 0 Å². The average Bonchev–Trinajstić information content (AvgIpc) is 2.36. The maximum absolute atomic E-state index is 11.3. The van der Waals surface area contributed by atoms with Gasteiger partial charge in [-0.1, -0.05) is 34.8 Å². The Balaban J connectivity index is 1.99. The van der Waals surface area contributed by atoms with Gasteiger partial charge in [0, 0.05) is 23.2 Å². The van der Waals surface area contributed by atoms with Gasteiger partial charge in [-0.25, -0.2) is 8.42 Å². The van der Waals surface area contributed by atoms with Crippen LogP contribution in [0.1, 0.15) is 18.4 Å². The van der Waals surface area contributed by atoms with E-state index in [2.05, 4.69) is 5.32 Å². The zero-order valence-corrected chi connectivity index (χ0v) is 13.2. The molecule has 7 heteroatoms. The quantitative estimate of drug-likeness (QED) is 0.857. The molecule has 1 aromatic carbocycles. The lowest BCUT2D eigenvalue weighted by atomic mass is 10.1. The molecule has 1 heterocycles. The van der Waals surface area contributed by atoms with Crippen molar-refractivity contribution >= 4 is 44.6 Å². The van der Waals surface area contributed by atoms with Gasteiger partial charge in [0.15, 0.2) is 0 Å². The summed E-state index contributed by atoms with van der Waals surface area (Å²) in [5, 5.41) is 4.77. The molecule has 0 bridgehead atoms. The number of rotatable bonds is 3. The van der Waals surface area contributed by atoms with Gasteiger partial charge < -0.3 is 5.32 Å². The molecule has 0 saturated carbocycles. The van der Waals surface area contributed by atoms with Gasteiger partial charge in [0.05, 0.1) is 21.6 Å². The third kappa shape index (κ3) is 3.99. The summed E-state index contributed by atoms with van der Waals surface area (Å²) in [6.45, 7) is 0.489. The molecule has 3 nitrogen and oxygen atoms in total. The molecule has 0 spiro atoms. The highest BCUT2D eigenvalue weighted by Gasteiger charge is 2.23. The van der Waals surface area contributed by atoms with Crippen molar-refractivity contribution in [3.05, 3.63) is 32.8 Å². The van der Waals surface area contributed by atoms with Gasteiger partial charge in [-0.05, 0) is 25.0 Å². The van der Waals surface area contributed by atoms with E-state index in [0.29, 0.717) is 34.5 Å². The second kappa shape index (κ2) is 6.19. The van der Waals surface area contributed by atoms with E-state index < -0.39 is 9.84 Å². The van der Waals surface area contributed by atoms with Crippen LogP contribution < -0.4 is 5.32 Å². The van der Waals surface area contributed by atoms with E-state index in [4.69, 9.17) is 34.8 Å². The van der Waals surface area contributed by atoms with Crippen molar-refractivity contribution in [3.8, 4) is 0 Å². The Morgan fingerprint density at radius 2 is 1.68 bits per heavy atom. The van der Waals surface area contributed by atoms with Crippen molar-refractivity contribution in [2.45, 2.75) is 25.4 Å². The monoisotopic (exact) mass is 341 g/mol. The van der Waals surface area contributed by atoms with Crippen LogP contribution in [-0.2, 0) is 16.4 Å². The zero-order valence-electron chi connectivity index (χ0n) is 10.1. The molecular formula is C12H14Cl3NO2S. The Hall–Kier alpha value is -0.000000000000000167. The predicted octanol–water partition coefficient (Wildman–Crippen LogP) is 3.31. The van der Waals surface area contributed by atoms with E-state index >= 15 is 0 Å². The van der Waals surface area contributed by atoms with Crippen molar-refractivity contribution in [1.29, 1.82) is 0 Å². The highest BCUT2D eigenvalue weighted by Crippen LogP contribution is 2.31. The lowest BCUT2D eigenvalue weighted by Gasteiger charge is -2.23. The molecule has 0 radical (unpaired) electrons. The molecule has 0 amide bonds. The van der Waals surface area contributed by atoms with E-state index in [1.54, 1.807) is 12.1 Å². The Bertz CT molecular complexity index is 561. The molecule has 0 unspecified atom stereocenters. The first-order chi connectivity index (χ1) is 8.89. The fraction of sp³-hybridized carbons (Fsp3) is 0.500. The van der Waals surface area contributed by atoms with Crippen LogP contribution in [0.2, 0.25) is 15.1 Å². The molecule has 0 aromatic heterocycles. The number of nitrogens with one attached hydrogen (secondary N) is 1. The average molecular weight is 343 g/mol. The molecule has 1 N–H and O–H groups in total. The summed E-state index contributed by atoms with van der Waals surface area (Å²) in [5.74, 6) is 0.476. The SMILES string of the molecule is O=S1(=O)CCC(NCc2c(Cl)ccc(Cl)c2Cl)CC1. The zero-order chi connectivity index (χ0) is 14.0. The second-order valence-corrected chi connectivity index (χ2v) is 8.12. The third-order valence-corrected chi connectivity index (χ3v) is 6.17. The van der Waals surface area contributed by atoms with E-state index in [0.717, 1.165) is 5.56 Å². The summed E-state index contributed by atoms with van der Waals surface area (Å²) < 4.78 is 22.7. The largest absolute Gasteiger partial charge is 0.310 e. The van der Waals surface area contributed by atoms with Crippen LogP contribution in [-0.4, -0.2) is 26.0 Å². The summed E-state index contributed by atoms with van der Waals surface area (Å²) in [7, 11) is -2.83. The summed E-state index contributed by atoms with van der Waals surface area (Å²) >= 11 is 18.1. The van der Waals surface area contributed by atoms with Crippen LogP contribution in [0.5, 0.6) is 0 Å². The smallest absolute Gasteiger partial charge is 0.150 e. The van der Waals surface area contributed by atoms with Gasteiger partial charge >= 0.3 is 0 Å². The first-order valence-electron chi connectivity index (χ1n) is 5.95. The van der Waals surface area contributed by atoms with Crippen molar-refractivity contribution in [2.24, 2.45) is 0 Å². The molecule has 0 aliphatic carbocycles. The van der Waals surface area contributed by atoms with Crippen molar-refractivity contribution in [1.82, 2.24) is 5.32 Å². The van der Waals surface area contributed by atoms with Gasteiger partial charge in [-0.15, -0.1) is 0 Å². The van der Waals surface area contributed by atoms with E-state index in [9.17, 15) is 8.42 Å². The minimum absolute atomic E-state index is 0.176. The molecular weight excluding hydrogens is 329 g/mol. The first kappa shape index (κ1) is 15.4. The van der Waals surface area contributed by atoms with Gasteiger partial charge in [-0.3, -0.25) is 0 Å². The maximum atomic E-state index is 11.3. The van der Waals surface area contributed by atoms with Crippen LogP contribution in [0.25, 0.3) is 0 Å². The Morgan fingerprint density at radius 1 is 1.11 bits per heavy atom. The first-order valence-corrected chi connectivity index (χ1v) is 8.91. The van der Waals surface area contributed by atoms with Crippen molar-refractivity contribution in [3.63, 3.8) is 0 Å². The van der Waals surface area contributed by atoms with Crippen LogP contribution in [0, 0.1) is 0 Å². The fourth-order valence-corrected chi connectivity index (χ4v) is 4.24. The highest BCUT2D eigenvalue weighted by molar-refractivity contribution is 7.91. The standard InChI is InChI=1S/C12H14Cl3NO2S/c13-10-1-2-11(14)12(15)9(10)7-16-8-3-5-19(17,18)6-4-8/h1-2,8,16H,3-7H2. The fourth-order valence-electron chi connectivity index (χ4n) is 2.07. The molecule has 1 saturated heterocycles. The number of hydrogen-bond donors (Lipinski definition) is 1. The lowest BCUT2D eigenvalue weighted by Crippen LogP contribution is -2.37. The predicted molar refractivity (Wildman–Crippen MR) is 80.0 cm³/mol. The number of benzene rings is 1. The Kier molecular flexibility index (Phi) is 5.01. The van der Waals surface area contributed by atoms with Gasteiger partial charge in [0.2, 0.25) is 0 Å².